The summed E-state index contributed by atoms with van der Waals surface area (Å²) in [4.78, 5) is 0. The van der Waals surface area contributed by atoms with E-state index in [1.165, 1.54) is 5.54 Å². The molecular formula is C13H17ClO3. The SMILES string of the molecule is COc1cc(C(C)O)ccc1OC/C(C)=C/Cl. The van der Waals surface area contributed by atoms with Gasteiger partial charge in [-0.15, -0.1) is 0 Å². The molecule has 3 nitrogen and oxygen atoms in total. The second-order valence-electron chi connectivity index (χ2n) is 3.83. The molecule has 94 valence electrons. The molecule has 0 spiro atoms. The summed E-state index contributed by atoms with van der Waals surface area (Å²) < 4.78 is 10.8. The van der Waals surface area contributed by atoms with Crippen LogP contribution in [0.1, 0.15) is 25.5 Å². The Morgan fingerprint density at radius 3 is 2.71 bits per heavy atom. The lowest BCUT2D eigenvalue weighted by molar-refractivity contribution is 0.198. The minimum absolute atomic E-state index is 0.411. The molecule has 0 aromatic heterocycles. The van der Waals surface area contributed by atoms with Gasteiger partial charge >= 0.3 is 0 Å². The smallest absolute Gasteiger partial charge is 0.161 e. The van der Waals surface area contributed by atoms with Gasteiger partial charge in [0.1, 0.15) is 6.61 Å². The Bertz CT molecular complexity index is 400. The largest absolute Gasteiger partial charge is 0.493 e. The quantitative estimate of drug-likeness (QED) is 0.879. The summed E-state index contributed by atoms with van der Waals surface area (Å²) in [7, 11) is 1.57. The molecule has 0 bridgehead atoms. The van der Waals surface area contributed by atoms with Gasteiger partial charge in [-0.3, -0.25) is 0 Å². The molecule has 0 saturated carbocycles. The first-order valence-corrected chi connectivity index (χ1v) is 5.76. The van der Waals surface area contributed by atoms with Crippen molar-refractivity contribution >= 4 is 11.6 Å². The summed E-state index contributed by atoms with van der Waals surface area (Å²) in [6.45, 7) is 3.99. The van der Waals surface area contributed by atoms with E-state index in [-0.39, 0.29) is 0 Å². The molecule has 0 aliphatic heterocycles. The third kappa shape index (κ3) is 3.95. The maximum Gasteiger partial charge on any atom is 0.161 e. The lowest BCUT2D eigenvalue weighted by atomic mass is 10.1. The second-order valence-corrected chi connectivity index (χ2v) is 4.05. The van der Waals surface area contributed by atoms with Gasteiger partial charge in [-0.05, 0) is 37.1 Å². The molecule has 0 aliphatic carbocycles. The number of aliphatic hydroxyl groups excluding tert-OH is 1. The van der Waals surface area contributed by atoms with Crippen LogP contribution in [-0.4, -0.2) is 18.8 Å². The Morgan fingerprint density at radius 2 is 2.18 bits per heavy atom. The zero-order valence-corrected chi connectivity index (χ0v) is 11.0. The summed E-state index contributed by atoms with van der Waals surface area (Å²) in [6, 6.07) is 5.35. The fourth-order valence-corrected chi connectivity index (χ4v) is 1.35. The van der Waals surface area contributed by atoms with Crippen LogP contribution < -0.4 is 9.47 Å². The molecule has 0 saturated heterocycles. The Hall–Kier alpha value is -1.19. The van der Waals surface area contributed by atoms with Crippen molar-refractivity contribution in [3.8, 4) is 11.5 Å². The molecule has 17 heavy (non-hydrogen) atoms. The van der Waals surface area contributed by atoms with Crippen molar-refractivity contribution in [2.24, 2.45) is 0 Å². The van der Waals surface area contributed by atoms with Crippen LogP contribution in [0.15, 0.2) is 29.3 Å². The molecule has 1 aromatic rings. The van der Waals surface area contributed by atoms with Crippen LogP contribution in [0.4, 0.5) is 0 Å². The lowest BCUT2D eigenvalue weighted by Crippen LogP contribution is -2.01. The number of rotatable bonds is 5. The third-order valence-electron chi connectivity index (χ3n) is 2.31. The third-order valence-corrected chi connectivity index (χ3v) is 2.68. The first-order valence-electron chi connectivity index (χ1n) is 5.33. The molecule has 1 rings (SSSR count). The highest BCUT2D eigenvalue weighted by Gasteiger charge is 2.08. The maximum atomic E-state index is 9.47. The molecule has 1 aromatic carbocycles. The predicted octanol–water partition coefficient (Wildman–Crippen LogP) is 3.27. The van der Waals surface area contributed by atoms with E-state index in [0.29, 0.717) is 18.1 Å². The number of hydrogen-bond acceptors (Lipinski definition) is 3. The summed E-state index contributed by atoms with van der Waals surface area (Å²) in [5, 5.41) is 9.47. The first kappa shape index (κ1) is 13.9. The van der Waals surface area contributed by atoms with Crippen molar-refractivity contribution in [3.05, 3.63) is 34.9 Å². The number of ether oxygens (including phenoxy) is 2. The summed E-state index contributed by atoms with van der Waals surface area (Å²) in [5.74, 6) is 1.24. The highest BCUT2D eigenvalue weighted by molar-refractivity contribution is 6.25. The highest BCUT2D eigenvalue weighted by Crippen LogP contribution is 2.30. The normalized spacial score (nSPS) is 13.4. The molecule has 4 heteroatoms. The van der Waals surface area contributed by atoms with Crippen LogP contribution in [0.5, 0.6) is 11.5 Å². The van der Waals surface area contributed by atoms with Gasteiger partial charge in [-0.25, -0.2) is 0 Å². The minimum atomic E-state index is -0.526. The van der Waals surface area contributed by atoms with Crippen molar-refractivity contribution in [1.29, 1.82) is 0 Å². The minimum Gasteiger partial charge on any atom is -0.493 e. The second kappa shape index (κ2) is 6.52. The van der Waals surface area contributed by atoms with E-state index in [1.54, 1.807) is 26.2 Å². The monoisotopic (exact) mass is 256 g/mol. The van der Waals surface area contributed by atoms with Crippen molar-refractivity contribution in [2.45, 2.75) is 20.0 Å². The van der Waals surface area contributed by atoms with Gasteiger partial charge in [0.05, 0.1) is 13.2 Å². The molecule has 1 N–H and O–H groups in total. The predicted molar refractivity (Wildman–Crippen MR) is 68.7 cm³/mol. The molecule has 0 fully saturated rings. The molecule has 0 radical (unpaired) electrons. The van der Waals surface area contributed by atoms with Gasteiger partial charge in [0, 0.05) is 5.54 Å². The van der Waals surface area contributed by atoms with Crippen molar-refractivity contribution in [1.82, 2.24) is 0 Å². The summed E-state index contributed by atoms with van der Waals surface area (Å²) in [5.41, 5.74) is 3.20. The van der Waals surface area contributed by atoms with Gasteiger partial charge < -0.3 is 14.6 Å². The highest BCUT2D eigenvalue weighted by atomic mass is 35.5. The van der Waals surface area contributed by atoms with Crippen molar-refractivity contribution in [2.75, 3.05) is 13.7 Å². The fourth-order valence-electron chi connectivity index (χ4n) is 1.29. The molecule has 0 aliphatic rings. The standard InChI is InChI=1S/C13H17ClO3/c1-9(7-14)8-17-12-5-4-11(10(2)15)6-13(12)16-3/h4-7,10,15H,8H2,1-3H3/b9-7+. The Balaban J connectivity index is 2.85. The number of methoxy groups -OCH3 is 1. The van der Waals surface area contributed by atoms with E-state index in [9.17, 15) is 5.11 Å². The number of halogens is 1. The average molecular weight is 257 g/mol. The zero-order valence-electron chi connectivity index (χ0n) is 10.2. The average Bonchev–Trinajstić information content (AvgIpc) is 2.35. The van der Waals surface area contributed by atoms with Crippen LogP contribution >= 0.6 is 11.6 Å². The number of aliphatic hydroxyl groups is 1. The Morgan fingerprint density at radius 1 is 1.47 bits per heavy atom. The van der Waals surface area contributed by atoms with E-state index < -0.39 is 6.10 Å². The summed E-state index contributed by atoms with van der Waals surface area (Å²) in [6.07, 6.45) is -0.526. The van der Waals surface area contributed by atoms with Crippen LogP contribution in [0.2, 0.25) is 0 Å². The van der Waals surface area contributed by atoms with Crippen molar-refractivity contribution in [3.63, 3.8) is 0 Å². The Kier molecular flexibility index (Phi) is 5.32. The molecular weight excluding hydrogens is 240 g/mol. The first-order chi connectivity index (χ1) is 8.08. The Labute approximate surface area is 107 Å². The molecule has 1 unspecified atom stereocenters. The molecule has 0 heterocycles. The number of hydrogen-bond donors (Lipinski definition) is 1. The van der Waals surface area contributed by atoms with Crippen LogP contribution in [-0.2, 0) is 0 Å². The van der Waals surface area contributed by atoms with E-state index in [1.807, 2.05) is 13.0 Å². The van der Waals surface area contributed by atoms with E-state index in [2.05, 4.69) is 0 Å². The van der Waals surface area contributed by atoms with Gasteiger partial charge in [0.2, 0.25) is 0 Å². The van der Waals surface area contributed by atoms with E-state index >= 15 is 0 Å². The fraction of sp³-hybridized carbons (Fsp3) is 0.385. The van der Waals surface area contributed by atoms with Crippen LogP contribution in [0, 0.1) is 0 Å². The molecule has 1 atom stereocenters. The summed E-state index contributed by atoms with van der Waals surface area (Å²) >= 11 is 5.55. The maximum absolute atomic E-state index is 9.47. The van der Waals surface area contributed by atoms with Gasteiger partial charge in [-0.2, -0.15) is 0 Å². The number of benzene rings is 1. The molecule has 0 amide bonds. The van der Waals surface area contributed by atoms with Gasteiger partial charge in [-0.1, -0.05) is 17.7 Å². The van der Waals surface area contributed by atoms with E-state index in [4.69, 9.17) is 21.1 Å². The van der Waals surface area contributed by atoms with Gasteiger partial charge in [0.15, 0.2) is 11.5 Å². The van der Waals surface area contributed by atoms with Gasteiger partial charge in [0.25, 0.3) is 0 Å². The van der Waals surface area contributed by atoms with Crippen molar-refractivity contribution < 1.29 is 14.6 Å². The van der Waals surface area contributed by atoms with E-state index in [0.717, 1.165) is 11.1 Å². The van der Waals surface area contributed by atoms with Crippen LogP contribution in [0.25, 0.3) is 0 Å². The zero-order chi connectivity index (χ0) is 12.8. The topological polar surface area (TPSA) is 38.7 Å². The van der Waals surface area contributed by atoms with Crippen LogP contribution in [0.3, 0.4) is 0 Å². The lowest BCUT2D eigenvalue weighted by Gasteiger charge is -2.13.